The fraction of sp³-hybridized carbons (Fsp3) is 0.237. The topological polar surface area (TPSA) is 170 Å². The minimum Gasteiger partial charge on any atom is -0.497 e. The van der Waals surface area contributed by atoms with Crippen molar-refractivity contribution in [1.82, 2.24) is 9.55 Å². The van der Waals surface area contributed by atoms with E-state index in [1.807, 2.05) is 78.9 Å². The third-order valence-corrected chi connectivity index (χ3v) is 8.77. The van der Waals surface area contributed by atoms with E-state index in [0.29, 0.717) is 11.5 Å². The van der Waals surface area contributed by atoms with Gasteiger partial charge in [-0.25, -0.2) is 9.59 Å². The summed E-state index contributed by atoms with van der Waals surface area (Å²) in [7, 11) is 3.16. The van der Waals surface area contributed by atoms with E-state index in [0.717, 1.165) is 16.7 Å². The monoisotopic (exact) mass is 709 g/mol. The summed E-state index contributed by atoms with van der Waals surface area (Å²) in [4.78, 5) is 50.9. The Morgan fingerprint density at radius 1 is 0.865 bits per heavy atom. The number of nitro benzene ring substituents is 1. The second-order valence-electron chi connectivity index (χ2n) is 11.9. The highest BCUT2D eigenvalue weighted by molar-refractivity contribution is 5.64. The average Bonchev–Trinajstić information content (AvgIpc) is 3.56. The van der Waals surface area contributed by atoms with E-state index >= 15 is 0 Å². The number of non-ortho nitro benzene ring substituents is 1. The summed E-state index contributed by atoms with van der Waals surface area (Å²) in [6, 6.07) is 29.4. The molecular formula is C38H35N3O11. The normalized spacial score (nSPS) is 16.9. The van der Waals surface area contributed by atoms with Gasteiger partial charge >= 0.3 is 11.8 Å². The van der Waals surface area contributed by atoms with Crippen molar-refractivity contribution in [2.45, 2.75) is 37.4 Å². The molecule has 4 aromatic carbocycles. The maximum absolute atomic E-state index is 13.1. The van der Waals surface area contributed by atoms with Gasteiger partial charge in [0.1, 0.15) is 41.3 Å². The molecule has 1 aliphatic rings. The van der Waals surface area contributed by atoms with Crippen LogP contribution in [0, 0.1) is 17.0 Å². The van der Waals surface area contributed by atoms with Crippen LogP contribution in [0.25, 0.3) is 0 Å². The Kier molecular flexibility index (Phi) is 10.5. The predicted molar refractivity (Wildman–Crippen MR) is 187 cm³/mol. The molecule has 0 unspecified atom stereocenters. The maximum atomic E-state index is 13.1. The predicted octanol–water partition coefficient (Wildman–Crippen LogP) is 5.65. The van der Waals surface area contributed by atoms with Gasteiger partial charge in [-0.05, 0) is 60.0 Å². The second kappa shape index (κ2) is 15.3. The third kappa shape index (κ3) is 7.43. The minimum absolute atomic E-state index is 0.00180. The Hall–Kier alpha value is -6.25. The Morgan fingerprint density at radius 2 is 1.42 bits per heavy atom. The maximum Gasteiger partial charge on any atom is 0.514 e. The molecule has 268 valence electrons. The molecule has 14 nitrogen and oxygen atoms in total. The van der Waals surface area contributed by atoms with Crippen LogP contribution in [0.5, 0.6) is 17.2 Å². The Labute approximate surface area is 297 Å². The Balaban J connectivity index is 1.37. The van der Waals surface area contributed by atoms with Crippen molar-refractivity contribution >= 4 is 11.8 Å². The zero-order valence-corrected chi connectivity index (χ0v) is 28.4. The number of hydrogen-bond acceptors (Lipinski definition) is 11. The molecule has 0 radical (unpaired) electrons. The van der Waals surface area contributed by atoms with Gasteiger partial charge in [-0.1, -0.05) is 54.6 Å². The summed E-state index contributed by atoms with van der Waals surface area (Å²) in [5.41, 5.74) is -0.0981. The first-order valence-electron chi connectivity index (χ1n) is 16.2. The SMILES string of the molecule is COc1ccc(C(OC[C@H]2O[C@@H](n3cc(C)c(=O)[nH]c3=O)C[C@@H]2OC(=O)Oc2ccc([N+](=O)[O-])cc2)(c2ccccc2)c2ccc(OC)cc2)cc1. The smallest absolute Gasteiger partial charge is 0.497 e. The number of aromatic amines is 1. The largest absolute Gasteiger partial charge is 0.514 e. The van der Waals surface area contributed by atoms with E-state index in [-0.39, 0.29) is 30.0 Å². The van der Waals surface area contributed by atoms with Crippen molar-refractivity contribution in [2.24, 2.45) is 0 Å². The van der Waals surface area contributed by atoms with E-state index in [1.165, 1.54) is 35.0 Å². The molecule has 3 atom stereocenters. The number of ether oxygens (including phenoxy) is 6. The number of nitrogens with one attached hydrogen (secondary N) is 1. The van der Waals surface area contributed by atoms with Crippen LogP contribution in [0.4, 0.5) is 10.5 Å². The molecule has 0 spiro atoms. The van der Waals surface area contributed by atoms with Gasteiger partial charge in [0.05, 0.1) is 25.7 Å². The molecule has 0 amide bonds. The van der Waals surface area contributed by atoms with Crippen molar-refractivity contribution in [2.75, 3.05) is 20.8 Å². The molecule has 1 saturated heterocycles. The molecule has 52 heavy (non-hydrogen) atoms. The number of nitrogens with zero attached hydrogens (tertiary/aromatic N) is 2. The highest BCUT2D eigenvalue weighted by Gasteiger charge is 2.44. The molecule has 1 aromatic heterocycles. The standard InChI is InChI=1S/C38H35N3O11/c1-24-22-40(36(43)39-35(24)42)34-21-32(52-37(44)50-31-19-13-28(14-20-31)41(45)46)33(51-34)23-49-38(25-7-5-4-6-8-25,26-9-15-29(47-2)16-10-26)27-11-17-30(48-3)18-12-27/h4-20,22,32-34H,21,23H2,1-3H3,(H,39,42,43)/t32-,33+,34+/m0/s1. The number of hydrogen-bond donors (Lipinski definition) is 1. The lowest BCUT2D eigenvalue weighted by molar-refractivity contribution is -0.384. The average molecular weight is 710 g/mol. The molecular weight excluding hydrogens is 674 g/mol. The van der Waals surface area contributed by atoms with Crippen molar-refractivity contribution in [3.05, 3.63) is 163 Å². The molecule has 2 heterocycles. The molecule has 1 fully saturated rings. The van der Waals surface area contributed by atoms with Crippen LogP contribution in [0.3, 0.4) is 0 Å². The van der Waals surface area contributed by atoms with Crippen molar-refractivity contribution in [3.8, 4) is 17.2 Å². The van der Waals surface area contributed by atoms with Crippen LogP contribution in [0.1, 0.15) is 34.9 Å². The number of rotatable bonds is 12. The number of methoxy groups -OCH3 is 2. The number of H-pyrrole nitrogens is 1. The summed E-state index contributed by atoms with van der Waals surface area (Å²) in [6.45, 7) is 1.40. The summed E-state index contributed by atoms with van der Waals surface area (Å²) in [5, 5.41) is 11.1. The fourth-order valence-corrected chi connectivity index (χ4v) is 6.11. The molecule has 6 rings (SSSR count). The molecule has 0 aliphatic carbocycles. The van der Waals surface area contributed by atoms with Gasteiger partial charge < -0.3 is 28.4 Å². The third-order valence-electron chi connectivity index (χ3n) is 8.77. The lowest BCUT2D eigenvalue weighted by Crippen LogP contribution is -2.39. The van der Waals surface area contributed by atoms with Crippen LogP contribution < -0.4 is 25.5 Å². The van der Waals surface area contributed by atoms with Gasteiger partial charge in [0, 0.05) is 30.3 Å². The minimum atomic E-state index is -1.24. The number of carbonyl (C=O) groups excluding carboxylic acids is 1. The molecule has 14 heteroatoms. The quantitative estimate of drug-likeness (QED) is 0.0558. The number of benzene rings is 4. The Morgan fingerprint density at radius 3 is 1.98 bits per heavy atom. The van der Waals surface area contributed by atoms with Crippen LogP contribution in [-0.2, 0) is 19.8 Å². The summed E-state index contributed by atoms with van der Waals surface area (Å²) < 4.78 is 36.6. The second-order valence-corrected chi connectivity index (χ2v) is 11.9. The van der Waals surface area contributed by atoms with E-state index in [9.17, 15) is 24.5 Å². The molecule has 5 aromatic rings. The van der Waals surface area contributed by atoms with E-state index in [2.05, 4.69) is 4.98 Å². The zero-order valence-electron chi connectivity index (χ0n) is 28.4. The van der Waals surface area contributed by atoms with Gasteiger partial charge in [-0.2, -0.15) is 0 Å². The Bertz CT molecular complexity index is 2080. The molecule has 1 aliphatic heterocycles. The lowest BCUT2D eigenvalue weighted by Gasteiger charge is -2.37. The van der Waals surface area contributed by atoms with Gasteiger partial charge in [0.2, 0.25) is 0 Å². The van der Waals surface area contributed by atoms with Crippen molar-refractivity contribution in [3.63, 3.8) is 0 Å². The number of aryl methyl sites for hydroxylation is 1. The van der Waals surface area contributed by atoms with Gasteiger partial charge in [0.25, 0.3) is 11.2 Å². The van der Waals surface area contributed by atoms with Crippen LogP contribution in [-0.4, -0.2) is 53.7 Å². The highest BCUT2D eigenvalue weighted by Crippen LogP contribution is 2.43. The van der Waals surface area contributed by atoms with E-state index < -0.39 is 46.4 Å². The first-order valence-corrected chi connectivity index (χ1v) is 16.2. The van der Waals surface area contributed by atoms with Crippen molar-refractivity contribution in [1.29, 1.82) is 0 Å². The number of aromatic nitrogens is 2. The zero-order chi connectivity index (χ0) is 36.8. The van der Waals surface area contributed by atoms with Gasteiger partial charge in [0.15, 0.2) is 0 Å². The molecule has 1 N–H and O–H groups in total. The van der Waals surface area contributed by atoms with Crippen LogP contribution in [0.2, 0.25) is 0 Å². The van der Waals surface area contributed by atoms with Crippen LogP contribution in [0.15, 0.2) is 119 Å². The molecule has 0 saturated carbocycles. The van der Waals surface area contributed by atoms with E-state index in [4.69, 9.17) is 28.4 Å². The lowest BCUT2D eigenvalue weighted by atomic mass is 9.80. The molecule has 0 bridgehead atoms. The van der Waals surface area contributed by atoms with E-state index in [1.54, 1.807) is 21.1 Å². The number of carbonyl (C=O) groups is 1. The van der Waals surface area contributed by atoms with Gasteiger partial charge in [-0.3, -0.25) is 24.5 Å². The number of nitro groups is 1. The highest BCUT2D eigenvalue weighted by atomic mass is 16.7. The fourth-order valence-electron chi connectivity index (χ4n) is 6.11. The first kappa shape index (κ1) is 35.6. The van der Waals surface area contributed by atoms with Crippen LogP contribution >= 0.6 is 0 Å². The summed E-state index contributed by atoms with van der Waals surface area (Å²) >= 11 is 0. The first-order chi connectivity index (χ1) is 25.1. The summed E-state index contributed by atoms with van der Waals surface area (Å²) in [5.74, 6) is 1.31. The van der Waals surface area contributed by atoms with Crippen molar-refractivity contribution < 1.29 is 38.1 Å². The van der Waals surface area contributed by atoms with Gasteiger partial charge in [-0.15, -0.1) is 0 Å². The summed E-state index contributed by atoms with van der Waals surface area (Å²) in [6.07, 6.45) is -2.63.